The molecule has 2 saturated heterocycles. The average molecular weight is 389 g/mol. The average Bonchev–Trinajstić information content (AvgIpc) is 3.09. The number of hydrogen-bond donors (Lipinski definition) is 2. The van der Waals surface area contributed by atoms with Crippen LogP contribution in [-0.2, 0) is 39.8 Å². The van der Waals surface area contributed by atoms with Crippen molar-refractivity contribution in [2.45, 2.75) is 48.9 Å². The van der Waals surface area contributed by atoms with Crippen LogP contribution in [0.2, 0.25) is 0 Å². The van der Waals surface area contributed by atoms with Crippen molar-refractivity contribution in [1.29, 1.82) is 0 Å². The Morgan fingerprint density at radius 3 is 2.60 bits per heavy atom. The van der Waals surface area contributed by atoms with Gasteiger partial charge in [0.25, 0.3) is 0 Å². The first-order valence-corrected chi connectivity index (χ1v) is 10.4. The van der Waals surface area contributed by atoms with Gasteiger partial charge in [-0.2, -0.15) is 0 Å². The Kier molecular flexibility index (Phi) is 8.41. The Labute approximate surface area is 156 Å². The highest BCUT2D eigenvalue weighted by Gasteiger charge is 2.45. The zero-order valence-corrected chi connectivity index (χ0v) is 15.8. The van der Waals surface area contributed by atoms with Gasteiger partial charge in [0.1, 0.15) is 32.3 Å². The number of aliphatic hydroxyl groups excluding tert-OH is 1. The summed E-state index contributed by atoms with van der Waals surface area (Å²) in [4.78, 5) is 10.3. The first-order chi connectivity index (χ1) is 11.8. The van der Waals surface area contributed by atoms with Crippen LogP contribution in [0, 0.1) is 0 Å². The quantitative estimate of drug-likeness (QED) is 0.358. The van der Waals surface area contributed by atoms with Gasteiger partial charge in [-0.05, 0) is 18.2 Å². The number of methoxy groups -OCH3 is 2. The van der Waals surface area contributed by atoms with Gasteiger partial charge in [0.2, 0.25) is 0 Å². The molecule has 0 saturated carbocycles. The molecule has 2 aliphatic rings. The lowest BCUT2D eigenvalue weighted by atomic mass is 9.51. The predicted octanol–water partition coefficient (Wildman–Crippen LogP) is -1.58. The van der Waals surface area contributed by atoms with Gasteiger partial charge in [-0.1, -0.05) is 0 Å². The van der Waals surface area contributed by atoms with Gasteiger partial charge < -0.3 is 33.5 Å². The molecule has 0 spiro atoms. The van der Waals surface area contributed by atoms with Crippen molar-refractivity contribution in [2.24, 2.45) is 0 Å². The summed E-state index contributed by atoms with van der Waals surface area (Å²) in [6, 6.07) is -1.22. The van der Waals surface area contributed by atoms with E-state index in [1.54, 1.807) is 7.11 Å². The Bertz CT molecular complexity index is 478. The van der Waals surface area contributed by atoms with E-state index in [-0.39, 0.29) is 25.3 Å². The number of ether oxygens (including phenoxy) is 4. The SMILES string of the molecule is [B][B][C@H]1CC(OC)[C@@H](COP(O)(=S)OC2[C@@H](COC)O[C@@H]([B])[C@H]2O)O1. The summed E-state index contributed by atoms with van der Waals surface area (Å²) < 4.78 is 32.1. The summed E-state index contributed by atoms with van der Waals surface area (Å²) in [5.41, 5.74) is 0. The van der Waals surface area contributed by atoms with E-state index in [9.17, 15) is 10.00 Å². The molecule has 2 N–H and O–H groups in total. The zero-order valence-electron chi connectivity index (χ0n) is 14.1. The lowest BCUT2D eigenvalue weighted by Gasteiger charge is -2.26. The van der Waals surface area contributed by atoms with Gasteiger partial charge >= 0.3 is 6.72 Å². The van der Waals surface area contributed by atoms with Gasteiger partial charge in [0.15, 0.2) is 0 Å². The van der Waals surface area contributed by atoms with Crippen LogP contribution in [0.25, 0.3) is 0 Å². The van der Waals surface area contributed by atoms with Crippen molar-refractivity contribution in [3.63, 3.8) is 0 Å². The summed E-state index contributed by atoms with van der Waals surface area (Å²) in [5, 5.41) is 10.1. The molecule has 2 aliphatic heterocycles. The molecule has 0 aromatic rings. The fraction of sp³-hybridized carbons (Fsp3) is 1.00. The largest absolute Gasteiger partial charge is 0.388 e. The lowest BCUT2D eigenvalue weighted by molar-refractivity contribution is -0.0336. The third kappa shape index (κ3) is 5.75. The number of aliphatic hydroxyl groups is 1. The molecule has 2 rings (SSSR count). The fourth-order valence-electron chi connectivity index (χ4n) is 2.81. The van der Waals surface area contributed by atoms with Crippen LogP contribution < -0.4 is 0 Å². The van der Waals surface area contributed by atoms with Gasteiger partial charge in [0.05, 0.1) is 26.5 Å². The van der Waals surface area contributed by atoms with Crippen molar-refractivity contribution in [3.8, 4) is 0 Å². The van der Waals surface area contributed by atoms with Gasteiger partial charge in [0, 0.05) is 34.0 Å². The minimum Gasteiger partial charge on any atom is -0.388 e. The van der Waals surface area contributed by atoms with E-state index in [0.29, 0.717) is 6.42 Å². The molecule has 2 heterocycles. The molecule has 0 amide bonds. The van der Waals surface area contributed by atoms with Crippen molar-refractivity contribution >= 4 is 41.3 Å². The highest BCUT2D eigenvalue weighted by Crippen LogP contribution is 2.48. The predicted molar refractivity (Wildman–Crippen MR) is 95.2 cm³/mol. The van der Waals surface area contributed by atoms with Crippen LogP contribution in [-0.4, -0.2) is 103 Å². The van der Waals surface area contributed by atoms with Crippen LogP contribution in [0.1, 0.15) is 6.42 Å². The van der Waals surface area contributed by atoms with Crippen LogP contribution in [0.3, 0.4) is 0 Å². The molecule has 8 atom stereocenters. The highest BCUT2D eigenvalue weighted by molar-refractivity contribution is 8.07. The third-order valence-corrected chi connectivity index (χ3v) is 5.67. The molecule has 5 radical (unpaired) electrons. The van der Waals surface area contributed by atoms with E-state index in [4.69, 9.17) is 55.4 Å². The van der Waals surface area contributed by atoms with E-state index in [1.807, 2.05) is 0 Å². The summed E-state index contributed by atoms with van der Waals surface area (Å²) in [7, 11) is 15.6. The monoisotopic (exact) mass is 389 g/mol. The van der Waals surface area contributed by atoms with Crippen molar-refractivity contribution < 1.29 is 38.0 Å². The third-order valence-electron chi connectivity index (χ3n) is 4.11. The Hall–Kier alpha value is 0.525. The molecule has 0 bridgehead atoms. The molecule has 3 unspecified atom stereocenters. The van der Waals surface area contributed by atoms with Gasteiger partial charge in [-0.15, -0.1) is 0 Å². The van der Waals surface area contributed by atoms with Crippen LogP contribution in [0.5, 0.6) is 0 Å². The molecular weight excluding hydrogens is 368 g/mol. The first kappa shape index (κ1) is 21.8. The minimum absolute atomic E-state index is 0.0404. The van der Waals surface area contributed by atoms with E-state index in [0.717, 1.165) is 0 Å². The van der Waals surface area contributed by atoms with Crippen LogP contribution in [0.15, 0.2) is 0 Å². The fourth-order valence-corrected chi connectivity index (χ4v) is 4.26. The Morgan fingerprint density at radius 2 is 2.00 bits per heavy atom. The molecule has 8 nitrogen and oxygen atoms in total. The van der Waals surface area contributed by atoms with Crippen molar-refractivity contribution in [1.82, 2.24) is 0 Å². The standard InChI is InChI=1S/C12H21B3O8PS/c1-18-4-8-11(10(16)12(13)22-8)23-24(17,25)20-5-7-6(19-2)3-9(15-14)21-7/h6-12,16H,3-5H2,1-2H3,(H,17,25)/t6?,7-,8-,9-,10+,11?,12-,24?/m1/s1. The maximum atomic E-state index is 10.3. The first-order valence-electron chi connectivity index (χ1n) is 7.78. The Morgan fingerprint density at radius 1 is 1.28 bits per heavy atom. The maximum absolute atomic E-state index is 10.3. The van der Waals surface area contributed by atoms with Gasteiger partial charge in [-0.25, -0.2) is 0 Å². The lowest BCUT2D eigenvalue weighted by Crippen LogP contribution is -2.37. The number of hydrogen-bond acceptors (Lipinski definition) is 8. The van der Waals surface area contributed by atoms with Crippen molar-refractivity contribution in [2.75, 3.05) is 27.4 Å². The second kappa shape index (κ2) is 9.64. The zero-order chi connectivity index (χ0) is 18.6. The van der Waals surface area contributed by atoms with E-state index < -0.39 is 37.1 Å². The molecule has 0 aliphatic carbocycles. The van der Waals surface area contributed by atoms with E-state index in [2.05, 4.69) is 0 Å². The van der Waals surface area contributed by atoms with Crippen LogP contribution >= 0.6 is 6.72 Å². The molecule has 13 heteroatoms. The minimum atomic E-state index is -3.68. The maximum Gasteiger partial charge on any atom is 0.325 e. The topological polar surface area (TPSA) is 95.8 Å². The molecule has 137 valence electrons. The molecule has 25 heavy (non-hydrogen) atoms. The van der Waals surface area contributed by atoms with Gasteiger partial charge in [-0.3, -0.25) is 4.52 Å². The van der Waals surface area contributed by atoms with Crippen LogP contribution in [0.4, 0.5) is 0 Å². The summed E-state index contributed by atoms with van der Waals surface area (Å²) in [5.74, 6) is 0. The molecular formula is C12H21B3O8PS. The number of rotatable bonds is 9. The van der Waals surface area contributed by atoms with E-state index in [1.165, 1.54) is 14.3 Å². The second-order valence-corrected chi connectivity index (χ2v) is 8.63. The molecule has 0 aromatic carbocycles. The molecule has 2 fully saturated rings. The summed E-state index contributed by atoms with van der Waals surface area (Å²) in [6.45, 7) is -3.60. The van der Waals surface area contributed by atoms with Crippen molar-refractivity contribution in [3.05, 3.63) is 0 Å². The normalized spacial score (nSPS) is 40.9. The summed E-state index contributed by atoms with van der Waals surface area (Å²) >= 11 is 5.02. The second-order valence-electron chi connectivity index (χ2n) is 5.83. The summed E-state index contributed by atoms with van der Waals surface area (Å²) in [6.07, 6.45) is -2.90. The molecule has 0 aromatic heterocycles. The smallest absolute Gasteiger partial charge is 0.325 e. The van der Waals surface area contributed by atoms with E-state index >= 15 is 0 Å². The Balaban J connectivity index is 1.91. The highest BCUT2D eigenvalue weighted by atomic mass is 32.5.